The lowest BCUT2D eigenvalue weighted by Crippen LogP contribution is -2.41. The van der Waals surface area contributed by atoms with Gasteiger partial charge in [0.2, 0.25) is 0 Å². The highest BCUT2D eigenvalue weighted by Gasteiger charge is 2.19. The molecule has 7 aromatic rings. The van der Waals surface area contributed by atoms with E-state index >= 15 is 0 Å². The van der Waals surface area contributed by atoms with Gasteiger partial charge in [-0.25, -0.2) is 24.0 Å². The van der Waals surface area contributed by atoms with Crippen LogP contribution in [0.15, 0.2) is 93.0 Å². The summed E-state index contributed by atoms with van der Waals surface area (Å²) in [6, 6.07) is 15.0. The number of ketones is 1. The highest BCUT2D eigenvalue weighted by atomic mass is 35.5. The van der Waals surface area contributed by atoms with Crippen LogP contribution in [0.4, 0.5) is 9.59 Å². The van der Waals surface area contributed by atoms with E-state index in [1.54, 1.807) is 60.6 Å². The molecule has 0 saturated carbocycles. The lowest BCUT2D eigenvalue weighted by Gasteiger charge is -2.19. The van der Waals surface area contributed by atoms with Crippen molar-refractivity contribution in [3.63, 3.8) is 0 Å². The van der Waals surface area contributed by atoms with Crippen molar-refractivity contribution in [2.24, 2.45) is 11.5 Å². The molecule has 0 radical (unpaired) electrons. The van der Waals surface area contributed by atoms with E-state index in [1.165, 1.54) is 31.9 Å². The van der Waals surface area contributed by atoms with E-state index in [2.05, 4.69) is 30.6 Å². The molecule has 0 saturated heterocycles. The van der Waals surface area contributed by atoms with E-state index in [1.807, 2.05) is 63.9 Å². The molecule has 7 aromatic heterocycles. The second-order valence-electron chi connectivity index (χ2n) is 23.2. The average molecular weight is 1500 g/mol. The number of nitrogens with one attached hydrogen (secondary N) is 4. The van der Waals surface area contributed by atoms with Crippen molar-refractivity contribution in [1.29, 1.82) is 0 Å². The van der Waals surface area contributed by atoms with Crippen molar-refractivity contribution in [1.82, 2.24) is 58.4 Å². The maximum absolute atomic E-state index is 12.6. The van der Waals surface area contributed by atoms with Crippen LogP contribution in [-0.4, -0.2) is 135 Å². The summed E-state index contributed by atoms with van der Waals surface area (Å²) in [5.74, 6) is -0.203. The number of aromatic nitrogens is 10. The number of nitrogens with two attached hydrogens (primary N) is 2. The van der Waals surface area contributed by atoms with Crippen LogP contribution in [0.5, 0.6) is 5.06 Å². The standard InChI is InChI=1S/C20H28N4O5.C15H20N4O3.C13H19ClN2O2.C7H10N2O3.C6H5NO4S.C2H7NO.4CH4.ClH/c1-13-8-15(11-21-18(27)29-20(3,4)5)10-16(22-13)12-24-17(26)9-14(2)23(6-7-25)19(24)28;1-10-5-12(8-16)7-13(17-10)9-19-14(21)6-11(2)18(3-4-20)15(19)22;1-9-5-10(6-11(7-14)16-9)8-15-12(17)18-13(2,3)4;1-5-4-6(11)8-7(12)9(5)2-3-10;1-2(8)3-4(9)7-6(11)12-5(3)10;3-1-2-4;;;;;/h8-10,25H,6-7,11-12H2,1-5H3,(H,21,27);5-7,20H,3-4,8-9,16H2,1-2H3;5-6H,7-8H2,1-4H3,(H,15,17);4,10H,2-3H2,1H3,(H,8,11,12);10H,1H3,(H,7,9,11);4H,1-3H2;4*1H4;1H. The monoisotopic (exact) mass is 1500 g/mol. The van der Waals surface area contributed by atoms with Crippen LogP contribution in [0.25, 0.3) is 0 Å². The fourth-order valence-electron chi connectivity index (χ4n) is 8.53. The zero-order valence-electron chi connectivity index (χ0n) is 57.1. The molecule has 0 spiro atoms. The number of alkyl halides is 1. The summed E-state index contributed by atoms with van der Waals surface area (Å²) in [4.78, 5) is 143. The lowest BCUT2D eigenvalue weighted by molar-refractivity contribution is 0.0512. The largest absolute Gasteiger partial charge is 0.499 e. The van der Waals surface area contributed by atoms with E-state index in [4.69, 9.17) is 58.1 Å². The number of nitrogens with zero attached hydrogens (tertiary/aromatic N) is 8. The van der Waals surface area contributed by atoms with Crippen LogP contribution in [0.2, 0.25) is 0 Å². The number of carbonyl (C=O) groups excluding carboxylic acids is 3. The Morgan fingerprint density at radius 1 is 0.549 bits per heavy atom. The fourth-order valence-corrected chi connectivity index (χ4v) is 9.32. The zero-order chi connectivity index (χ0) is 73.7. The number of aliphatic hydroxyl groups is 4. The summed E-state index contributed by atoms with van der Waals surface area (Å²) < 4.78 is 16.6. The van der Waals surface area contributed by atoms with Crippen LogP contribution >= 0.6 is 35.3 Å². The van der Waals surface area contributed by atoms with Gasteiger partial charge in [-0.1, -0.05) is 29.7 Å². The number of halogens is 2. The van der Waals surface area contributed by atoms with Crippen molar-refractivity contribution < 1.29 is 49.4 Å². The van der Waals surface area contributed by atoms with E-state index in [9.17, 15) is 52.7 Å². The minimum absolute atomic E-state index is 0. The number of ether oxygens (including phenoxy) is 2. The molecule has 572 valence electrons. The third-order valence-electron chi connectivity index (χ3n) is 12.4. The molecule has 7 heterocycles. The summed E-state index contributed by atoms with van der Waals surface area (Å²) in [7, 11) is 0. The molecule has 13 N–H and O–H groups in total. The Morgan fingerprint density at radius 2 is 0.912 bits per heavy atom. The van der Waals surface area contributed by atoms with Gasteiger partial charge in [-0.15, -0.1) is 24.0 Å². The van der Waals surface area contributed by atoms with Crippen molar-refractivity contribution in [2.75, 3.05) is 33.0 Å². The predicted octanol–water partition coefficient (Wildman–Crippen LogP) is 4.21. The molecule has 0 fully saturated rings. The molecule has 102 heavy (non-hydrogen) atoms. The number of H-pyrrole nitrogens is 2. The van der Waals surface area contributed by atoms with Gasteiger partial charge in [-0.3, -0.25) is 76.5 Å². The first-order chi connectivity index (χ1) is 45.3. The highest BCUT2D eigenvalue weighted by Crippen LogP contribution is 2.15. The van der Waals surface area contributed by atoms with Crippen LogP contribution < -0.4 is 66.3 Å². The maximum Gasteiger partial charge on any atom is 0.407 e. The molecule has 0 unspecified atom stereocenters. The van der Waals surface area contributed by atoms with Gasteiger partial charge in [0.1, 0.15) is 16.8 Å². The minimum Gasteiger partial charge on any atom is -0.499 e. The molecule has 0 bridgehead atoms. The van der Waals surface area contributed by atoms with Gasteiger partial charge in [-0.2, -0.15) is 0 Å². The number of rotatable bonds is 18. The summed E-state index contributed by atoms with van der Waals surface area (Å²) in [5, 5.41) is 48.4. The molecular formula is C67H106Cl2N14O18S. The Balaban J connectivity index is -0.000000593. The van der Waals surface area contributed by atoms with Crippen LogP contribution in [0.3, 0.4) is 0 Å². The van der Waals surface area contributed by atoms with E-state index < -0.39 is 72.9 Å². The van der Waals surface area contributed by atoms with E-state index in [-0.39, 0.29) is 119 Å². The normalized spacial score (nSPS) is 10.2. The number of alkyl carbamates (subject to hydrolysis) is 2. The first-order valence-electron chi connectivity index (χ1n) is 30.0. The van der Waals surface area contributed by atoms with Crippen LogP contribution in [-0.2, 0) is 67.7 Å². The van der Waals surface area contributed by atoms with Gasteiger partial charge < -0.3 is 57.1 Å². The molecule has 0 aliphatic carbocycles. The van der Waals surface area contributed by atoms with Gasteiger partial charge >= 0.3 is 34.1 Å². The predicted molar refractivity (Wildman–Crippen MR) is 399 cm³/mol. The molecule has 0 aliphatic heterocycles. The number of aromatic hydroxyl groups is 1. The fraction of sp³-hybridized carbons (Fsp3) is 0.493. The molecule has 2 amide bonds. The Hall–Kier alpha value is -9.06. The maximum atomic E-state index is 12.6. The summed E-state index contributed by atoms with van der Waals surface area (Å²) in [6.07, 6.45) is -0.959. The smallest absolute Gasteiger partial charge is 0.407 e. The number of amides is 2. The lowest BCUT2D eigenvalue weighted by atomic mass is 10.2. The number of Topliss-reactive ketones (excluding diaryl/α,β-unsaturated/α-hetero) is 1. The second-order valence-corrected chi connectivity index (χ2v) is 24.4. The molecular weight excluding hydrogens is 1390 g/mol. The quantitative estimate of drug-likeness (QED) is 0.0423. The molecule has 0 aliphatic rings. The van der Waals surface area contributed by atoms with Gasteiger partial charge in [-0.05, 0) is 154 Å². The molecule has 32 nitrogen and oxygen atoms in total. The van der Waals surface area contributed by atoms with Gasteiger partial charge in [0, 0.05) is 78.5 Å². The van der Waals surface area contributed by atoms with Crippen molar-refractivity contribution in [3.8, 4) is 5.06 Å². The second kappa shape index (κ2) is 47.9. The topological polar surface area (TPSA) is 478 Å². The number of carbonyl (C=O) groups is 3. The van der Waals surface area contributed by atoms with Crippen molar-refractivity contribution >= 4 is 53.3 Å². The van der Waals surface area contributed by atoms with Crippen molar-refractivity contribution in [3.05, 3.63) is 211 Å². The Kier molecular flexibility index (Phi) is 46.7. The number of hydrogen-bond donors (Lipinski definition) is 11. The Bertz CT molecular complexity index is 4300. The molecule has 35 heteroatoms. The highest BCUT2D eigenvalue weighted by molar-refractivity contribution is 7.11. The first kappa shape index (κ1) is 99.3. The Labute approximate surface area is 607 Å². The molecule has 7 rings (SSSR count). The summed E-state index contributed by atoms with van der Waals surface area (Å²) >= 11 is 6.17. The number of hydrogen-bond acceptors (Lipinski definition) is 24. The summed E-state index contributed by atoms with van der Waals surface area (Å²) in [6.45, 7) is 24.0. The number of aryl methyl sites for hydroxylation is 6. The first-order valence-corrected chi connectivity index (χ1v) is 31.3. The van der Waals surface area contributed by atoms with Crippen molar-refractivity contribution in [2.45, 2.75) is 189 Å². The third kappa shape index (κ3) is 35.0. The summed E-state index contributed by atoms with van der Waals surface area (Å²) in [5.41, 5.74) is 14.0. The number of aromatic amines is 2. The average Bonchev–Trinajstić information content (AvgIpc) is 0.810. The third-order valence-corrected chi connectivity index (χ3v) is 13.4. The van der Waals surface area contributed by atoms with E-state index in [0.717, 1.165) is 49.8 Å². The Morgan fingerprint density at radius 3 is 1.25 bits per heavy atom. The number of aliphatic hydroxyl groups excluding tert-OH is 4. The minimum atomic E-state index is -0.844. The number of pyridine rings is 3. The molecule has 0 atom stereocenters. The van der Waals surface area contributed by atoms with Gasteiger partial charge in [0.15, 0.2) is 10.8 Å². The van der Waals surface area contributed by atoms with Gasteiger partial charge in [0.25, 0.3) is 22.2 Å². The zero-order valence-corrected chi connectivity index (χ0v) is 59.5. The van der Waals surface area contributed by atoms with Crippen LogP contribution in [0.1, 0.15) is 156 Å². The van der Waals surface area contributed by atoms with E-state index in [0.29, 0.717) is 71.0 Å². The van der Waals surface area contributed by atoms with Crippen LogP contribution in [0, 0.1) is 41.5 Å². The SMILES string of the molecule is C.C.C.C.CC(=O)c1c(O)sc(=O)[nH]c1=O.Cc1cc(=O)[nH]c(=O)n1CCO.Cc1cc(CN)cc(Cn2c(=O)cc(C)n(CCO)c2=O)n1.Cc1cc(CNC(=O)OC(C)(C)C)cc(CCl)n1.Cc1cc(CNC(=O)OC(C)(C)C)cc(Cn2c(=O)cc(C)n(CCO)c2=O)n1.Cl.NCCO. The van der Waals surface area contributed by atoms with Gasteiger partial charge in [0.05, 0.1) is 82.1 Å². The molecule has 0 aromatic carbocycles.